The fraction of sp³-hybridized carbons (Fsp3) is 0.280. The number of hydrogen-bond acceptors (Lipinski definition) is 3. The molecule has 5 rings (SSSR count). The first-order valence-electron chi connectivity index (χ1n) is 10.3. The number of benzene rings is 2. The molecule has 1 N–H and O–H groups in total. The lowest BCUT2D eigenvalue weighted by atomic mass is 9.95. The summed E-state index contributed by atoms with van der Waals surface area (Å²) in [5.41, 5.74) is 5.04. The number of hydrogen-bond donors (Lipinski definition) is 1. The van der Waals surface area contributed by atoms with Gasteiger partial charge in [-0.1, -0.05) is 29.8 Å². The molecular formula is C25H23ClN2O2. The van der Waals surface area contributed by atoms with Crippen molar-refractivity contribution in [2.24, 2.45) is 0 Å². The maximum absolute atomic E-state index is 12.9. The van der Waals surface area contributed by atoms with Crippen molar-refractivity contribution in [3.8, 4) is 17.0 Å². The minimum absolute atomic E-state index is 0.0509. The molecule has 5 heteroatoms. The molecule has 0 saturated heterocycles. The molecule has 1 fully saturated rings. The summed E-state index contributed by atoms with van der Waals surface area (Å²) < 4.78 is 6.08. The molecular weight excluding hydrogens is 396 g/mol. The zero-order valence-electron chi connectivity index (χ0n) is 16.8. The molecule has 0 spiro atoms. The normalized spacial score (nSPS) is 18.4. The van der Waals surface area contributed by atoms with Crippen molar-refractivity contribution >= 4 is 17.5 Å². The third-order valence-corrected chi connectivity index (χ3v) is 6.41. The first-order valence-corrected chi connectivity index (χ1v) is 10.7. The van der Waals surface area contributed by atoms with Gasteiger partial charge in [0.25, 0.3) is 0 Å². The average Bonchev–Trinajstić information content (AvgIpc) is 3.46. The fourth-order valence-corrected chi connectivity index (χ4v) is 4.41. The van der Waals surface area contributed by atoms with Gasteiger partial charge < -0.3 is 10.1 Å². The molecule has 3 aromatic rings. The van der Waals surface area contributed by atoms with Gasteiger partial charge in [0.2, 0.25) is 5.91 Å². The van der Waals surface area contributed by atoms with Gasteiger partial charge in [0.1, 0.15) is 11.9 Å². The zero-order valence-corrected chi connectivity index (χ0v) is 17.6. The molecule has 4 nitrogen and oxygen atoms in total. The number of halogens is 1. The highest BCUT2D eigenvalue weighted by atomic mass is 35.5. The Morgan fingerprint density at radius 2 is 2.00 bits per heavy atom. The van der Waals surface area contributed by atoms with E-state index in [2.05, 4.69) is 35.4 Å². The highest BCUT2D eigenvalue weighted by molar-refractivity contribution is 6.30. The molecule has 1 aliphatic carbocycles. The lowest BCUT2D eigenvalue weighted by molar-refractivity contribution is -0.123. The lowest BCUT2D eigenvalue weighted by Gasteiger charge is -2.18. The van der Waals surface area contributed by atoms with E-state index >= 15 is 0 Å². The maximum Gasteiger partial charge on any atom is 0.230 e. The standard InChI is InChI=1S/C25H23ClN2O2/c1-16-3-2-12-27-23(16)17-4-9-22-18(13-17)14-21(30-22)15-28-24(29)25(10-11-25)19-5-7-20(26)8-6-19/h2-9,12-13,21H,10-11,14-15H2,1H3,(H,28,29)/t21-/m0/s1. The number of fused-ring (bicyclic) bond motifs is 1. The second-order valence-corrected chi connectivity index (χ2v) is 8.67. The molecule has 0 unspecified atom stereocenters. The largest absolute Gasteiger partial charge is 0.488 e. The maximum atomic E-state index is 12.9. The van der Waals surface area contributed by atoms with Gasteiger partial charge in [0.15, 0.2) is 0 Å². The van der Waals surface area contributed by atoms with Crippen LogP contribution in [0.2, 0.25) is 5.02 Å². The SMILES string of the molecule is Cc1cccnc1-c1ccc2c(c1)C[C@@H](CNC(=O)C1(c3ccc(Cl)cc3)CC1)O2. The predicted molar refractivity (Wildman–Crippen MR) is 118 cm³/mol. The summed E-state index contributed by atoms with van der Waals surface area (Å²) in [6.07, 6.45) is 4.30. The summed E-state index contributed by atoms with van der Waals surface area (Å²) in [7, 11) is 0. The average molecular weight is 419 g/mol. The highest BCUT2D eigenvalue weighted by Gasteiger charge is 2.51. The summed E-state index contributed by atoms with van der Waals surface area (Å²) in [5.74, 6) is 0.972. The zero-order chi connectivity index (χ0) is 20.7. The number of carbonyl (C=O) groups excluding carboxylic acids is 1. The van der Waals surface area contributed by atoms with E-state index in [1.54, 1.807) is 0 Å². The molecule has 152 valence electrons. The van der Waals surface area contributed by atoms with Gasteiger partial charge >= 0.3 is 0 Å². The molecule has 1 amide bonds. The molecule has 0 bridgehead atoms. The number of aromatic nitrogens is 1. The fourth-order valence-electron chi connectivity index (χ4n) is 4.29. The third kappa shape index (κ3) is 3.46. The number of rotatable bonds is 5. The van der Waals surface area contributed by atoms with Crippen molar-refractivity contribution in [1.29, 1.82) is 0 Å². The summed E-state index contributed by atoms with van der Waals surface area (Å²) in [5, 5.41) is 3.81. The van der Waals surface area contributed by atoms with Gasteiger partial charge in [-0.15, -0.1) is 0 Å². The van der Waals surface area contributed by atoms with Crippen LogP contribution in [0.25, 0.3) is 11.3 Å². The molecule has 30 heavy (non-hydrogen) atoms. The van der Waals surface area contributed by atoms with E-state index in [1.807, 2.05) is 42.6 Å². The summed E-state index contributed by atoms with van der Waals surface area (Å²) in [4.78, 5) is 17.4. The number of nitrogens with zero attached hydrogens (tertiary/aromatic N) is 1. The van der Waals surface area contributed by atoms with Crippen LogP contribution in [0, 0.1) is 6.92 Å². The van der Waals surface area contributed by atoms with E-state index in [-0.39, 0.29) is 12.0 Å². The van der Waals surface area contributed by atoms with Crippen LogP contribution in [0.1, 0.15) is 29.5 Å². The predicted octanol–water partition coefficient (Wildman–Crippen LogP) is 4.86. The molecule has 1 aromatic heterocycles. The Morgan fingerprint density at radius 3 is 2.73 bits per heavy atom. The van der Waals surface area contributed by atoms with E-state index in [9.17, 15) is 4.79 Å². The second-order valence-electron chi connectivity index (χ2n) is 8.23. The minimum Gasteiger partial charge on any atom is -0.488 e. The van der Waals surface area contributed by atoms with E-state index in [0.29, 0.717) is 11.6 Å². The van der Waals surface area contributed by atoms with Gasteiger partial charge in [0.05, 0.1) is 17.7 Å². The number of amides is 1. The van der Waals surface area contributed by atoms with Crippen molar-refractivity contribution in [2.75, 3.05) is 6.54 Å². The smallest absolute Gasteiger partial charge is 0.230 e. The monoisotopic (exact) mass is 418 g/mol. The number of carbonyl (C=O) groups is 1. The van der Waals surface area contributed by atoms with Crippen LogP contribution in [0.15, 0.2) is 60.8 Å². The van der Waals surface area contributed by atoms with Crippen LogP contribution in [0.3, 0.4) is 0 Å². The summed E-state index contributed by atoms with van der Waals surface area (Å²) in [6, 6.07) is 17.8. The summed E-state index contributed by atoms with van der Waals surface area (Å²) >= 11 is 5.99. The first-order chi connectivity index (χ1) is 14.5. The van der Waals surface area contributed by atoms with Crippen LogP contribution in [0.5, 0.6) is 5.75 Å². The van der Waals surface area contributed by atoms with Crippen molar-refractivity contribution in [3.05, 3.63) is 82.5 Å². The van der Waals surface area contributed by atoms with E-state index in [4.69, 9.17) is 16.3 Å². The molecule has 2 aromatic carbocycles. The Hall–Kier alpha value is -2.85. The quantitative estimate of drug-likeness (QED) is 0.643. The van der Waals surface area contributed by atoms with Crippen molar-refractivity contribution < 1.29 is 9.53 Å². The van der Waals surface area contributed by atoms with Gasteiger partial charge in [0, 0.05) is 23.2 Å². The lowest BCUT2D eigenvalue weighted by Crippen LogP contribution is -2.40. The molecule has 0 radical (unpaired) electrons. The number of pyridine rings is 1. The number of nitrogens with one attached hydrogen (secondary N) is 1. The Balaban J connectivity index is 1.24. The summed E-state index contributed by atoms with van der Waals surface area (Å²) in [6.45, 7) is 2.57. The van der Waals surface area contributed by atoms with E-state index < -0.39 is 5.41 Å². The topological polar surface area (TPSA) is 51.2 Å². The first kappa shape index (κ1) is 19.1. The van der Waals surface area contributed by atoms with Gasteiger partial charge in [-0.25, -0.2) is 0 Å². The minimum atomic E-state index is -0.403. The molecule has 1 atom stereocenters. The van der Waals surface area contributed by atoms with Crippen molar-refractivity contribution in [1.82, 2.24) is 10.3 Å². The Bertz CT molecular complexity index is 1110. The number of aryl methyl sites for hydroxylation is 1. The number of ether oxygens (including phenoxy) is 1. The Kier molecular flexibility index (Phi) is 4.75. The van der Waals surface area contributed by atoms with Crippen LogP contribution in [-0.2, 0) is 16.6 Å². The molecule has 2 heterocycles. The van der Waals surface area contributed by atoms with Crippen LogP contribution in [-0.4, -0.2) is 23.5 Å². The van der Waals surface area contributed by atoms with E-state index in [0.717, 1.165) is 53.0 Å². The molecule has 1 saturated carbocycles. The van der Waals surface area contributed by atoms with E-state index in [1.165, 1.54) is 0 Å². The van der Waals surface area contributed by atoms with Crippen molar-refractivity contribution in [3.63, 3.8) is 0 Å². The van der Waals surface area contributed by atoms with Gasteiger partial charge in [-0.3, -0.25) is 9.78 Å². The third-order valence-electron chi connectivity index (χ3n) is 6.16. The Labute approximate surface area is 181 Å². The second kappa shape index (κ2) is 7.44. The van der Waals surface area contributed by atoms with Crippen LogP contribution < -0.4 is 10.1 Å². The molecule has 1 aliphatic heterocycles. The Morgan fingerprint density at radius 1 is 1.20 bits per heavy atom. The van der Waals surface area contributed by atoms with Crippen LogP contribution >= 0.6 is 11.6 Å². The highest BCUT2D eigenvalue weighted by Crippen LogP contribution is 2.48. The van der Waals surface area contributed by atoms with Gasteiger partial charge in [-0.05, 0) is 72.9 Å². The van der Waals surface area contributed by atoms with Crippen molar-refractivity contribution in [2.45, 2.75) is 37.7 Å². The van der Waals surface area contributed by atoms with Crippen LogP contribution in [0.4, 0.5) is 0 Å². The molecule has 2 aliphatic rings. The van der Waals surface area contributed by atoms with Gasteiger partial charge in [-0.2, -0.15) is 0 Å².